The van der Waals surface area contributed by atoms with Gasteiger partial charge >= 0.3 is 0 Å². The molecule has 0 spiro atoms. The van der Waals surface area contributed by atoms with Crippen LogP contribution >= 0.6 is 34.3 Å². The Morgan fingerprint density at radius 3 is 2.29 bits per heavy atom. The molecule has 4 rings (SSSR count). The quantitative estimate of drug-likeness (QED) is 0.409. The van der Waals surface area contributed by atoms with Crippen LogP contribution in [0.25, 0.3) is 31.7 Å². The minimum Gasteiger partial charge on any atom is -0.241 e. The molecule has 0 atom stereocenters. The largest absolute Gasteiger partial charge is 0.241 e. The first kappa shape index (κ1) is 15.5. The van der Waals surface area contributed by atoms with Crippen LogP contribution in [0.1, 0.15) is 5.69 Å². The van der Waals surface area contributed by atoms with E-state index >= 15 is 0 Å². The number of halogens is 1. The molecular weight excluding hydrogens is 356 g/mol. The molecule has 2 aromatic heterocycles. The van der Waals surface area contributed by atoms with E-state index in [0.29, 0.717) is 0 Å². The fourth-order valence-electron chi connectivity index (χ4n) is 2.44. The molecule has 5 heteroatoms. The van der Waals surface area contributed by atoms with Crippen LogP contribution in [0.2, 0.25) is 5.02 Å². The highest BCUT2D eigenvalue weighted by molar-refractivity contribution is 7.19. The molecule has 0 aliphatic carbocycles. The van der Waals surface area contributed by atoms with Gasteiger partial charge in [0.2, 0.25) is 0 Å². The average molecular weight is 369 g/mol. The molecule has 0 bridgehead atoms. The average Bonchev–Trinajstić information content (AvgIpc) is 3.23. The minimum atomic E-state index is 0.737. The molecule has 0 radical (unpaired) electrons. The van der Waals surface area contributed by atoms with E-state index in [9.17, 15) is 0 Å². The normalized spacial score (nSPS) is 10.9. The first-order chi connectivity index (χ1) is 11.7. The molecule has 2 nitrogen and oxygen atoms in total. The van der Waals surface area contributed by atoms with E-state index in [4.69, 9.17) is 21.6 Å². The molecule has 0 N–H and O–H groups in total. The Kier molecular flexibility index (Phi) is 4.19. The number of aryl methyl sites for hydroxylation is 1. The maximum atomic E-state index is 5.96. The third-order valence-electron chi connectivity index (χ3n) is 3.65. The van der Waals surface area contributed by atoms with Crippen molar-refractivity contribution in [2.24, 2.45) is 0 Å². The zero-order valence-electron chi connectivity index (χ0n) is 12.9. The van der Waals surface area contributed by atoms with E-state index in [-0.39, 0.29) is 0 Å². The molecule has 4 aromatic rings. The maximum absolute atomic E-state index is 5.96. The lowest BCUT2D eigenvalue weighted by Crippen LogP contribution is -1.80. The third kappa shape index (κ3) is 3.00. The van der Waals surface area contributed by atoms with E-state index in [2.05, 4.69) is 17.5 Å². The second kappa shape index (κ2) is 6.48. The summed E-state index contributed by atoms with van der Waals surface area (Å²) in [5.74, 6) is 0. The number of hydrogen-bond donors (Lipinski definition) is 0. The van der Waals surface area contributed by atoms with Gasteiger partial charge in [-0.25, -0.2) is 9.97 Å². The van der Waals surface area contributed by atoms with Crippen molar-refractivity contribution >= 4 is 34.3 Å². The third-order valence-corrected chi connectivity index (χ3v) is 6.02. The molecule has 24 heavy (non-hydrogen) atoms. The summed E-state index contributed by atoms with van der Waals surface area (Å²) in [6, 6.07) is 18.0. The molecule has 0 saturated heterocycles. The van der Waals surface area contributed by atoms with Crippen LogP contribution in [-0.2, 0) is 0 Å². The van der Waals surface area contributed by atoms with Gasteiger partial charge in [-0.15, -0.1) is 22.7 Å². The van der Waals surface area contributed by atoms with Crippen LogP contribution in [0.5, 0.6) is 0 Å². The van der Waals surface area contributed by atoms with Crippen molar-refractivity contribution in [2.45, 2.75) is 6.92 Å². The molecule has 0 aliphatic heterocycles. The number of rotatable bonds is 3. The van der Waals surface area contributed by atoms with Crippen molar-refractivity contribution < 1.29 is 0 Å². The van der Waals surface area contributed by atoms with Crippen molar-refractivity contribution in [1.82, 2.24) is 9.97 Å². The number of aromatic nitrogens is 2. The summed E-state index contributed by atoms with van der Waals surface area (Å²) in [6.45, 7) is 2.04. The van der Waals surface area contributed by atoms with Crippen molar-refractivity contribution in [3.05, 3.63) is 70.7 Å². The Bertz CT molecular complexity index is 972. The summed E-state index contributed by atoms with van der Waals surface area (Å²) in [4.78, 5) is 10.6. The van der Waals surface area contributed by atoms with Crippen molar-refractivity contribution in [3.63, 3.8) is 0 Å². The summed E-state index contributed by atoms with van der Waals surface area (Å²) in [6.07, 6.45) is 0. The van der Waals surface area contributed by atoms with Crippen LogP contribution in [0, 0.1) is 6.92 Å². The number of hydrogen-bond acceptors (Lipinski definition) is 4. The van der Waals surface area contributed by atoms with Crippen LogP contribution < -0.4 is 0 Å². The summed E-state index contributed by atoms with van der Waals surface area (Å²) in [5.41, 5.74) is 4.24. The van der Waals surface area contributed by atoms with Gasteiger partial charge in [-0.1, -0.05) is 54.1 Å². The Morgan fingerprint density at radius 2 is 1.54 bits per heavy atom. The van der Waals surface area contributed by atoms with Gasteiger partial charge in [-0.05, 0) is 19.1 Å². The van der Waals surface area contributed by atoms with Gasteiger partial charge in [-0.2, -0.15) is 0 Å². The molecule has 118 valence electrons. The van der Waals surface area contributed by atoms with Crippen molar-refractivity contribution in [2.75, 3.05) is 0 Å². The second-order valence-electron chi connectivity index (χ2n) is 5.34. The summed E-state index contributed by atoms with van der Waals surface area (Å²) >= 11 is 9.29. The maximum Gasteiger partial charge on any atom is 0.124 e. The van der Waals surface area contributed by atoms with Gasteiger partial charge in [0, 0.05) is 21.5 Å². The second-order valence-corrected chi connectivity index (χ2v) is 7.64. The van der Waals surface area contributed by atoms with Crippen molar-refractivity contribution in [1.29, 1.82) is 0 Å². The highest BCUT2D eigenvalue weighted by Gasteiger charge is 2.14. The number of benzene rings is 2. The first-order valence-electron chi connectivity index (χ1n) is 7.45. The lowest BCUT2D eigenvalue weighted by atomic mass is 10.2. The monoisotopic (exact) mass is 368 g/mol. The molecule has 0 amide bonds. The zero-order valence-corrected chi connectivity index (χ0v) is 15.3. The fraction of sp³-hybridized carbons (Fsp3) is 0.0526. The summed E-state index contributed by atoms with van der Waals surface area (Å²) < 4.78 is 0. The van der Waals surface area contributed by atoms with Crippen LogP contribution in [0.3, 0.4) is 0 Å². The summed E-state index contributed by atoms with van der Waals surface area (Å²) in [7, 11) is 0. The Balaban J connectivity index is 1.70. The smallest absolute Gasteiger partial charge is 0.124 e. The van der Waals surface area contributed by atoms with E-state index in [1.54, 1.807) is 22.7 Å². The first-order valence-corrected chi connectivity index (χ1v) is 9.53. The molecule has 0 aliphatic rings. The SMILES string of the molecule is Cc1nc(-c2ccccc2)sc1-c1csc(-c2ccc(Cl)cc2)n1. The van der Waals surface area contributed by atoms with E-state index in [1.807, 2.05) is 49.4 Å². The van der Waals surface area contributed by atoms with Crippen LogP contribution in [0.4, 0.5) is 0 Å². The topological polar surface area (TPSA) is 25.8 Å². The van der Waals surface area contributed by atoms with E-state index in [1.165, 1.54) is 0 Å². The lowest BCUT2D eigenvalue weighted by molar-refractivity contribution is 1.26. The van der Waals surface area contributed by atoms with Crippen LogP contribution in [0.15, 0.2) is 60.0 Å². The minimum absolute atomic E-state index is 0.737. The Hall–Kier alpha value is -2.01. The van der Waals surface area contributed by atoms with Gasteiger partial charge in [-0.3, -0.25) is 0 Å². The fourth-order valence-corrected chi connectivity index (χ4v) is 4.49. The van der Waals surface area contributed by atoms with Crippen molar-refractivity contribution in [3.8, 4) is 31.7 Å². The molecule has 0 fully saturated rings. The van der Waals surface area contributed by atoms with Crippen LogP contribution in [-0.4, -0.2) is 9.97 Å². The van der Waals surface area contributed by atoms with Gasteiger partial charge < -0.3 is 0 Å². The van der Waals surface area contributed by atoms with E-state index in [0.717, 1.165) is 42.4 Å². The molecule has 2 aromatic carbocycles. The number of thiazole rings is 2. The lowest BCUT2D eigenvalue weighted by Gasteiger charge is -1.96. The highest BCUT2D eigenvalue weighted by Crippen LogP contribution is 2.37. The van der Waals surface area contributed by atoms with Gasteiger partial charge in [0.15, 0.2) is 0 Å². The Morgan fingerprint density at radius 1 is 0.833 bits per heavy atom. The molecule has 0 saturated carbocycles. The van der Waals surface area contributed by atoms with Gasteiger partial charge in [0.05, 0.1) is 16.3 Å². The number of nitrogens with zero attached hydrogens (tertiary/aromatic N) is 2. The molecular formula is C19H13ClN2S2. The predicted molar refractivity (Wildman–Crippen MR) is 104 cm³/mol. The summed E-state index contributed by atoms with van der Waals surface area (Å²) in [5, 5.41) is 4.86. The molecule has 2 heterocycles. The Labute approximate surface area is 153 Å². The standard InChI is InChI=1S/C19H13ClN2S2/c1-12-17(24-19(21-12)13-5-3-2-4-6-13)16-11-23-18(22-16)14-7-9-15(20)10-8-14/h2-11H,1H3. The molecule has 0 unspecified atom stereocenters. The van der Waals surface area contributed by atoms with Gasteiger partial charge in [0.25, 0.3) is 0 Å². The van der Waals surface area contributed by atoms with Gasteiger partial charge in [0.1, 0.15) is 10.0 Å². The predicted octanol–water partition coefficient (Wildman–Crippen LogP) is 6.56. The van der Waals surface area contributed by atoms with E-state index < -0.39 is 0 Å². The highest BCUT2D eigenvalue weighted by atomic mass is 35.5. The zero-order chi connectivity index (χ0) is 16.5.